The van der Waals surface area contributed by atoms with Gasteiger partial charge in [-0.15, -0.1) is 0 Å². The highest BCUT2D eigenvalue weighted by Gasteiger charge is 2.67. The van der Waals surface area contributed by atoms with Gasteiger partial charge in [-0.3, -0.25) is 39.8 Å². The highest BCUT2D eigenvalue weighted by molar-refractivity contribution is 7.92. The number of carboxylic acid groups (broad SMARTS) is 1. The topological polar surface area (TPSA) is 217 Å². The van der Waals surface area contributed by atoms with Gasteiger partial charge in [0, 0.05) is 42.4 Å². The molecule has 0 saturated carbocycles. The monoisotopic (exact) mass is 831 g/mol. The molecule has 3 amide bonds. The number of pyridine rings is 1. The van der Waals surface area contributed by atoms with Crippen molar-refractivity contribution in [1.29, 1.82) is 0 Å². The minimum Gasteiger partial charge on any atom is -0.477 e. The third kappa shape index (κ3) is 12.4. The number of hydrogen-bond donors (Lipinski definition) is 7. The normalized spacial score (nSPS) is 12.2. The van der Waals surface area contributed by atoms with Crippen molar-refractivity contribution in [2.24, 2.45) is 0 Å². The smallest absolute Gasteiger partial charge is 0.413 e. The lowest BCUT2D eigenvalue weighted by atomic mass is 9.98. The number of sulfonamides is 1. The third-order valence-corrected chi connectivity index (χ3v) is 9.79. The molecule has 4 aromatic rings. The molecule has 0 spiro atoms. The van der Waals surface area contributed by atoms with Crippen molar-refractivity contribution in [2.75, 3.05) is 28.6 Å². The average Bonchev–Trinajstić information content (AvgIpc) is 3.21. The van der Waals surface area contributed by atoms with E-state index >= 15 is 0 Å². The van der Waals surface area contributed by atoms with Crippen LogP contribution in [-0.4, -0.2) is 67.1 Å². The van der Waals surface area contributed by atoms with Crippen molar-refractivity contribution >= 4 is 50.8 Å². The van der Waals surface area contributed by atoms with Gasteiger partial charge in [0.15, 0.2) is 0 Å². The number of unbranched alkanes of at least 4 members (excludes halogenated alkanes) is 3. The first-order chi connectivity index (χ1) is 27.5. The van der Waals surface area contributed by atoms with E-state index in [-0.39, 0.29) is 27.9 Å². The van der Waals surface area contributed by atoms with Crippen LogP contribution in [0.5, 0.6) is 0 Å². The number of nitrogens with one attached hydrogen (secondary N) is 6. The zero-order valence-electron chi connectivity index (χ0n) is 30.9. The van der Waals surface area contributed by atoms with Crippen LogP contribution in [0.2, 0.25) is 0 Å². The fraction of sp³-hybridized carbons (Fsp3) is 0.289. The molecule has 1 unspecified atom stereocenters. The Labute approximate surface area is 330 Å². The van der Waals surface area contributed by atoms with Crippen LogP contribution in [0.1, 0.15) is 60.0 Å². The van der Waals surface area contributed by atoms with Crippen molar-refractivity contribution in [2.45, 2.75) is 61.9 Å². The molecule has 0 bridgehead atoms. The van der Waals surface area contributed by atoms with Gasteiger partial charge in [-0.1, -0.05) is 37.1 Å². The second-order valence-corrected chi connectivity index (χ2v) is 14.5. The molecule has 0 aliphatic heterocycles. The van der Waals surface area contributed by atoms with Gasteiger partial charge in [0.25, 0.3) is 15.9 Å². The number of aromatic nitrogens is 1. The summed E-state index contributed by atoms with van der Waals surface area (Å²) in [7, 11) is -4.25. The molecule has 7 N–H and O–H groups in total. The summed E-state index contributed by atoms with van der Waals surface area (Å²) in [5, 5.41) is 13.9. The fourth-order valence-corrected chi connectivity index (χ4v) is 6.19. The predicted molar refractivity (Wildman–Crippen MR) is 204 cm³/mol. The summed E-state index contributed by atoms with van der Waals surface area (Å²) < 4.78 is 82.3. The standard InChI is InChI=1S/C38H41F4N7O8S/c1-25(27-10-6-11-28(21-27)34(51)44-19-4-2-3-5-20-45-57-24-26-9-8-18-43-23-26)33(50)46-31-12-7-13-32(22-31)58(55,56)49-30-16-14-29(15-17-30)47-48-35(52)37(39,40)38(41,42)36(53)54/h6-18,21-23,25,45,47,49H,2-5,19-20,24H2,1H3,(H,44,51)(H,46,50)(H,48,52)(H,53,54). The summed E-state index contributed by atoms with van der Waals surface area (Å²) in [4.78, 5) is 57.2. The fourth-order valence-electron chi connectivity index (χ4n) is 5.08. The summed E-state index contributed by atoms with van der Waals surface area (Å²) in [6.07, 6.45) is 7.00. The number of aliphatic carboxylic acids is 1. The van der Waals surface area contributed by atoms with Crippen LogP contribution in [-0.2, 0) is 35.9 Å². The number of carboxylic acids is 1. The van der Waals surface area contributed by atoms with Crippen molar-refractivity contribution in [3.05, 3.63) is 114 Å². The number of carbonyl (C=O) groups excluding carboxylic acids is 3. The molecule has 0 radical (unpaired) electrons. The lowest BCUT2D eigenvalue weighted by Gasteiger charge is -2.22. The van der Waals surface area contributed by atoms with E-state index in [4.69, 9.17) is 9.94 Å². The van der Waals surface area contributed by atoms with E-state index in [2.05, 4.69) is 25.8 Å². The lowest BCUT2D eigenvalue weighted by Crippen LogP contribution is -2.57. The molecule has 1 atom stereocenters. The Morgan fingerprint density at radius 2 is 1.50 bits per heavy atom. The minimum atomic E-state index is -5.68. The van der Waals surface area contributed by atoms with Crippen molar-refractivity contribution < 1.29 is 55.1 Å². The summed E-state index contributed by atoms with van der Waals surface area (Å²) in [6, 6.07) is 20.3. The van der Waals surface area contributed by atoms with Crippen LogP contribution >= 0.6 is 0 Å². The number of hydroxylamine groups is 1. The van der Waals surface area contributed by atoms with E-state index in [1.165, 1.54) is 29.7 Å². The molecule has 1 heterocycles. The molecule has 0 fully saturated rings. The van der Waals surface area contributed by atoms with Gasteiger partial charge in [-0.2, -0.15) is 17.6 Å². The maximum absolute atomic E-state index is 13.6. The van der Waals surface area contributed by atoms with Gasteiger partial charge in [0.05, 0.1) is 23.1 Å². The molecule has 3 aromatic carbocycles. The van der Waals surface area contributed by atoms with Crippen LogP contribution in [0, 0.1) is 0 Å². The lowest BCUT2D eigenvalue weighted by molar-refractivity contribution is -0.222. The third-order valence-electron chi connectivity index (χ3n) is 8.41. The van der Waals surface area contributed by atoms with Gasteiger partial charge >= 0.3 is 23.7 Å². The van der Waals surface area contributed by atoms with E-state index < -0.39 is 45.6 Å². The SMILES string of the molecule is CC(C(=O)Nc1cccc(S(=O)(=O)Nc2ccc(NNC(=O)C(F)(F)C(F)(F)C(=O)O)cc2)c1)c1cccc(C(=O)NCCCCCCNOCc2cccnc2)c1. The highest BCUT2D eigenvalue weighted by atomic mass is 32.2. The number of nitrogens with zero attached hydrogens (tertiary/aromatic N) is 1. The number of hydrazine groups is 1. The number of hydrogen-bond acceptors (Lipinski definition) is 10. The second-order valence-electron chi connectivity index (χ2n) is 12.8. The quantitative estimate of drug-likeness (QED) is 0.0301. The first kappa shape index (κ1) is 44.6. The van der Waals surface area contributed by atoms with E-state index in [0.717, 1.165) is 55.5 Å². The zero-order chi connectivity index (χ0) is 42.3. The summed E-state index contributed by atoms with van der Waals surface area (Å²) in [5.41, 5.74) is 8.01. The Kier molecular flexibility index (Phi) is 15.6. The maximum atomic E-state index is 13.6. The first-order valence-electron chi connectivity index (χ1n) is 17.7. The molecule has 0 saturated heterocycles. The molecule has 0 aliphatic carbocycles. The summed E-state index contributed by atoms with van der Waals surface area (Å²) >= 11 is 0. The number of anilines is 3. The molecule has 1 aromatic heterocycles. The van der Waals surface area contributed by atoms with E-state index in [1.54, 1.807) is 43.6 Å². The van der Waals surface area contributed by atoms with E-state index in [9.17, 15) is 45.2 Å². The Balaban J connectivity index is 1.22. The number of alkyl halides is 4. The van der Waals surface area contributed by atoms with E-state index in [0.29, 0.717) is 30.8 Å². The van der Waals surface area contributed by atoms with Crippen LogP contribution in [0.15, 0.2) is 102 Å². The first-order valence-corrected chi connectivity index (χ1v) is 19.2. The highest BCUT2D eigenvalue weighted by Crippen LogP contribution is 2.34. The molecule has 15 nitrogen and oxygen atoms in total. The molecule has 20 heteroatoms. The van der Waals surface area contributed by atoms with Gasteiger partial charge in [0.2, 0.25) is 5.91 Å². The van der Waals surface area contributed by atoms with E-state index in [1.807, 2.05) is 17.6 Å². The predicted octanol–water partition coefficient (Wildman–Crippen LogP) is 5.43. The molecular weight excluding hydrogens is 791 g/mol. The largest absolute Gasteiger partial charge is 0.477 e. The molecule has 58 heavy (non-hydrogen) atoms. The van der Waals surface area contributed by atoms with Gasteiger partial charge in [-0.25, -0.2) is 18.7 Å². The van der Waals surface area contributed by atoms with Crippen molar-refractivity contribution in [3.63, 3.8) is 0 Å². The van der Waals surface area contributed by atoms with Gasteiger partial charge in [0.1, 0.15) is 0 Å². The van der Waals surface area contributed by atoms with Crippen LogP contribution in [0.4, 0.5) is 34.6 Å². The van der Waals surface area contributed by atoms with Crippen molar-refractivity contribution in [1.82, 2.24) is 21.2 Å². The number of amides is 3. The number of benzene rings is 3. The average molecular weight is 832 g/mol. The molecule has 310 valence electrons. The van der Waals surface area contributed by atoms with Gasteiger partial charge in [-0.05, 0) is 91.6 Å². The Morgan fingerprint density at radius 1 is 0.810 bits per heavy atom. The van der Waals surface area contributed by atoms with Crippen molar-refractivity contribution in [3.8, 4) is 0 Å². The Hall–Kier alpha value is -6.12. The Morgan fingerprint density at radius 3 is 2.19 bits per heavy atom. The number of halogens is 4. The second kappa shape index (κ2) is 20.3. The number of rotatable bonds is 22. The maximum Gasteiger partial charge on any atom is 0.413 e. The Bertz CT molecular complexity index is 2150. The number of carbonyl (C=O) groups is 4. The summed E-state index contributed by atoms with van der Waals surface area (Å²) in [6.45, 7) is 3.24. The molecule has 0 aliphatic rings. The van der Waals surface area contributed by atoms with Crippen LogP contribution in [0.3, 0.4) is 0 Å². The molecular formula is C38H41F4N7O8S. The zero-order valence-corrected chi connectivity index (χ0v) is 31.8. The summed E-state index contributed by atoms with van der Waals surface area (Å²) in [5.74, 6) is -18.6. The van der Waals surface area contributed by atoms with Gasteiger partial charge < -0.3 is 15.7 Å². The molecule has 4 rings (SSSR count). The van der Waals surface area contributed by atoms with Crippen LogP contribution in [0.25, 0.3) is 0 Å². The van der Waals surface area contributed by atoms with Crippen LogP contribution < -0.4 is 31.7 Å². The minimum absolute atomic E-state index is 0.0289.